The molecular weight excluding hydrogens is 175 g/mol. The van der Waals surface area contributed by atoms with E-state index in [1.165, 1.54) is 18.2 Å². The van der Waals surface area contributed by atoms with Crippen LogP contribution in [0.1, 0.15) is 10.4 Å². The smallest absolute Gasteiger partial charge is 0.272 e. The molecule has 13 heavy (non-hydrogen) atoms. The van der Waals surface area contributed by atoms with Gasteiger partial charge < -0.3 is 0 Å². The summed E-state index contributed by atoms with van der Waals surface area (Å²) in [6, 6.07) is 3.96. The van der Waals surface area contributed by atoms with Gasteiger partial charge in [-0.15, -0.1) is 0 Å². The zero-order chi connectivity index (χ0) is 9.84. The average Bonchev–Trinajstić information content (AvgIpc) is 2.03. The number of urea groups is 1. The second-order valence-corrected chi connectivity index (χ2v) is 2.26. The van der Waals surface area contributed by atoms with Crippen molar-refractivity contribution in [3.8, 4) is 0 Å². The maximum absolute atomic E-state index is 12.9. The highest BCUT2D eigenvalue weighted by molar-refractivity contribution is 6.03. The Bertz CT molecular complexity index is 352. The Morgan fingerprint density at radius 1 is 1.31 bits per heavy atom. The summed E-state index contributed by atoms with van der Waals surface area (Å²) >= 11 is 0. The van der Waals surface area contributed by atoms with Gasteiger partial charge in [-0.2, -0.15) is 0 Å². The first-order valence-electron chi connectivity index (χ1n) is 3.42. The number of halogens is 1. The molecule has 67 valence electrons. The lowest BCUT2D eigenvalue weighted by Gasteiger charge is -2.00. The standard InChI is InChI=1S/C8H6FN2O2/c9-6-4-2-1-3-5(6)7(12)11-8(10)13/h1-4,10H,(H,11,12,13). The SMILES string of the molecule is [NH]C(=O)NC(=O)c1ccccc1F. The van der Waals surface area contributed by atoms with E-state index in [0.717, 1.165) is 6.07 Å². The van der Waals surface area contributed by atoms with Crippen LogP contribution in [0, 0.1) is 5.82 Å². The monoisotopic (exact) mass is 181 g/mol. The summed E-state index contributed by atoms with van der Waals surface area (Å²) in [6.07, 6.45) is 0. The van der Waals surface area contributed by atoms with Crippen molar-refractivity contribution in [3.05, 3.63) is 35.6 Å². The highest BCUT2D eigenvalue weighted by Crippen LogP contribution is 2.05. The maximum atomic E-state index is 12.9. The van der Waals surface area contributed by atoms with Crippen molar-refractivity contribution in [2.24, 2.45) is 0 Å². The fourth-order valence-electron chi connectivity index (χ4n) is 0.816. The summed E-state index contributed by atoms with van der Waals surface area (Å²) in [5.41, 5.74) is 6.19. The quantitative estimate of drug-likeness (QED) is 0.700. The summed E-state index contributed by atoms with van der Waals surface area (Å²) < 4.78 is 12.9. The Balaban J connectivity index is 2.89. The molecule has 0 saturated heterocycles. The first-order valence-corrected chi connectivity index (χ1v) is 3.42. The van der Waals surface area contributed by atoms with Crippen LogP contribution >= 0.6 is 0 Å². The van der Waals surface area contributed by atoms with Gasteiger partial charge in [0.25, 0.3) is 5.91 Å². The van der Waals surface area contributed by atoms with Crippen LogP contribution in [-0.2, 0) is 0 Å². The molecule has 0 bridgehead atoms. The van der Waals surface area contributed by atoms with Gasteiger partial charge >= 0.3 is 6.03 Å². The number of carbonyl (C=O) groups excluding carboxylic acids is 2. The first kappa shape index (κ1) is 9.18. The van der Waals surface area contributed by atoms with E-state index >= 15 is 0 Å². The third kappa shape index (κ3) is 2.26. The number of rotatable bonds is 1. The Morgan fingerprint density at radius 2 is 1.92 bits per heavy atom. The van der Waals surface area contributed by atoms with E-state index < -0.39 is 17.8 Å². The predicted octanol–water partition coefficient (Wildman–Crippen LogP) is 0.958. The Morgan fingerprint density at radius 3 is 2.46 bits per heavy atom. The van der Waals surface area contributed by atoms with Crippen LogP contribution in [0.2, 0.25) is 0 Å². The number of imide groups is 1. The molecule has 0 unspecified atom stereocenters. The largest absolute Gasteiger partial charge is 0.340 e. The predicted molar refractivity (Wildman–Crippen MR) is 42.4 cm³/mol. The lowest BCUT2D eigenvalue weighted by molar-refractivity contribution is 0.0962. The van der Waals surface area contributed by atoms with Gasteiger partial charge in [0.2, 0.25) is 0 Å². The molecule has 0 heterocycles. The van der Waals surface area contributed by atoms with Gasteiger partial charge in [0.15, 0.2) is 0 Å². The minimum absolute atomic E-state index is 0.247. The van der Waals surface area contributed by atoms with E-state index in [2.05, 4.69) is 0 Å². The topological polar surface area (TPSA) is 70.0 Å². The third-order valence-electron chi connectivity index (χ3n) is 1.35. The first-order chi connectivity index (χ1) is 6.11. The van der Waals surface area contributed by atoms with E-state index in [9.17, 15) is 14.0 Å². The van der Waals surface area contributed by atoms with Crippen molar-refractivity contribution in [1.29, 1.82) is 0 Å². The molecule has 2 N–H and O–H groups in total. The van der Waals surface area contributed by atoms with Crippen LogP contribution in [-0.4, -0.2) is 11.9 Å². The van der Waals surface area contributed by atoms with E-state index in [0.29, 0.717) is 0 Å². The number of amides is 3. The Hall–Kier alpha value is -1.91. The van der Waals surface area contributed by atoms with Crippen LogP contribution in [0.25, 0.3) is 0 Å². The number of hydrogen-bond acceptors (Lipinski definition) is 2. The molecule has 3 amide bonds. The van der Waals surface area contributed by atoms with Gasteiger partial charge in [-0.05, 0) is 12.1 Å². The highest BCUT2D eigenvalue weighted by Gasteiger charge is 2.11. The summed E-state index contributed by atoms with van der Waals surface area (Å²) in [5, 5.41) is 1.65. The molecule has 1 rings (SSSR count). The summed E-state index contributed by atoms with van der Waals surface area (Å²) in [5.74, 6) is -1.63. The lowest BCUT2D eigenvalue weighted by Crippen LogP contribution is -2.30. The second-order valence-electron chi connectivity index (χ2n) is 2.26. The lowest BCUT2D eigenvalue weighted by atomic mass is 10.2. The van der Waals surface area contributed by atoms with Gasteiger partial charge in [-0.25, -0.2) is 14.9 Å². The zero-order valence-electron chi connectivity index (χ0n) is 6.50. The van der Waals surface area contributed by atoms with Gasteiger partial charge in [-0.1, -0.05) is 12.1 Å². The summed E-state index contributed by atoms with van der Waals surface area (Å²) in [7, 11) is 0. The average molecular weight is 181 g/mol. The van der Waals surface area contributed by atoms with Gasteiger partial charge in [0, 0.05) is 0 Å². The van der Waals surface area contributed by atoms with Crippen molar-refractivity contribution in [3.63, 3.8) is 0 Å². The molecule has 0 spiro atoms. The summed E-state index contributed by atoms with van der Waals surface area (Å²) in [4.78, 5) is 21.1. The van der Waals surface area contributed by atoms with Crippen molar-refractivity contribution in [1.82, 2.24) is 11.1 Å². The van der Waals surface area contributed by atoms with Crippen LogP contribution in [0.5, 0.6) is 0 Å². The third-order valence-corrected chi connectivity index (χ3v) is 1.35. The fraction of sp³-hybridized carbons (Fsp3) is 0. The number of carbonyl (C=O) groups is 2. The normalized spacial score (nSPS) is 9.31. The maximum Gasteiger partial charge on any atom is 0.340 e. The fourth-order valence-corrected chi connectivity index (χ4v) is 0.816. The molecule has 1 aromatic rings. The van der Waals surface area contributed by atoms with Crippen LogP contribution in [0.3, 0.4) is 0 Å². The molecule has 0 aliphatic carbocycles. The second kappa shape index (κ2) is 3.66. The van der Waals surface area contributed by atoms with E-state index in [1.54, 1.807) is 5.32 Å². The van der Waals surface area contributed by atoms with Gasteiger partial charge in [0.1, 0.15) is 5.82 Å². The van der Waals surface area contributed by atoms with Crippen LogP contribution < -0.4 is 11.1 Å². The van der Waals surface area contributed by atoms with Crippen molar-refractivity contribution >= 4 is 11.9 Å². The molecule has 0 aromatic heterocycles. The molecule has 0 aliphatic heterocycles. The molecule has 0 atom stereocenters. The van der Waals surface area contributed by atoms with E-state index in [1.807, 2.05) is 0 Å². The van der Waals surface area contributed by atoms with Gasteiger partial charge in [0.05, 0.1) is 5.56 Å². The van der Waals surface area contributed by atoms with E-state index in [-0.39, 0.29) is 5.56 Å². The number of nitrogens with one attached hydrogen (secondary N) is 2. The molecular formula is C8H6FN2O2. The molecule has 1 aromatic carbocycles. The van der Waals surface area contributed by atoms with Crippen molar-refractivity contribution in [2.75, 3.05) is 0 Å². The van der Waals surface area contributed by atoms with Crippen molar-refractivity contribution < 1.29 is 14.0 Å². The molecule has 0 aliphatic rings. The van der Waals surface area contributed by atoms with Crippen LogP contribution in [0.4, 0.5) is 9.18 Å². The van der Waals surface area contributed by atoms with Crippen molar-refractivity contribution in [2.45, 2.75) is 0 Å². The molecule has 1 radical (unpaired) electrons. The highest BCUT2D eigenvalue weighted by atomic mass is 19.1. The minimum Gasteiger partial charge on any atom is -0.272 e. The Kier molecular flexibility index (Phi) is 2.59. The van der Waals surface area contributed by atoms with E-state index in [4.69, 9.17) is 5.73 Å². The molecule has 5 heteroatoms. The Labute approximate surface area is 73.5 Å². The number of benzene rings is 1. The van der Waals surface area contributed by atoms with Crippen LogP contribution in [0.15, 0.2) is 24.3 Å². The number of hydrogen-bond donors (Lipinski definition) is 1. The zero-order valence-corrected chi connectivity index (χ0v) is 6.50. The molecule has 0 saturated carbocycles. The molecule has 0 fully saturated rings. The minimum atomic E-state index is -1.26. The summed E-state index contributed by atoms with van der Waals surface area (Å²) in [6.45, 7) is 0. The molecule has 4 nitrogen and oxygen atoms in total. The van der Waals surface area contributed by atoms with Gasteiger partial charge in [-0.3, -0.25) is 10.1 Å².